The van der Waals surface area contributed by atoms with Crippen molar-refractivity contribution in [2.75, 3.05) is 32.6 Å². The predicted molar refractivity (Wildman–Crippen MR) is 59.3 cm³/mol. The normalized spacial score (nSPS) is 29.3. The average molecular weight is 236 g/mol. The molecule has 1 aliphatic heterocycles. The fraction of sp³-hybridized carbons (Fsp3) is 1.00. The van der Waals surface area contributed by atoms with E-state index in [1.807, 2.05) is 13.8 Å². The van der Waals surface area contributed by atoms with Gasteiger partial charge in [-0.15, -0.1) is 0 Å². The Morgan fingerprint density at radius 1 is 1.47 bits per heavy atom. The van der Waals surface area contributed by atoms with Gasteiger partial charge in [-0.05, 0) is 13.8 Å². The molecule has 1 fully saturated rings. The van der Waals surface area contributed by atoms with E-state index in [-0.39, 0.29) is 24.4 Å². The van der Waals surface area contributed by atoms with Crippen LogP contribution in [-0.2, 0) is 14.8 Å². The molecular weight excluding hydrogens is 216 g/mol. The van der Waals surface area contributed by atoms with E-state index in [1.165, 1.54) is 7.11 Å². The van der Waals surface area contributed by atoms with Gasteiger partial charge < -0.3 is 10.1 Å². The van der Waals surface area contributed by atoms with Crippen LogP contribution in [0.25, 0.3) is 0 Å². The number of piperazine rings is 1. The number of methoxy groups -OCH3 is 1. The van der Waals surface area contributed by atoms with E-state index in [4.69, 9.17) is 4.74 Å². The van der Waals surface area contributed by atoms with Crippen molar-refractivity contribution in [3.63, 3.8) is 0 Å². The maximum absolute atomic E-state index is 11.9. The quantitative estimate of drug-likeness (QED) is 0.724. The van der Waals surface area contributed by atoms with E-state index in [2.05, 4.69) is 5.32 Å². The lowest BCUT2D eigenvalue weighted by molar-refractivity contribution is 0.207. The minimum atomic E-state index is -3.16. The zero-order valence-corrected chi connectivity index (χ0v) is 10.4. The molecule has 2 unspecified atom stereocenters. The molecule has 0 radical (unpaired) electrons. The van der Waals surface area contributed by atoms with Crippen molar-refractivity contribution in [1.29, 1.82) is 0 Å². The summed E-state index contributed by atoms with van der Waals surface area (Å²) in [4.78, 5) is 0. The first-order valence-electron chi connectivity index (χ1n) is 5.21. The van der Waals surface area contributed by atoms with E-state index in [1.54, 1.807) is 4.31 Å². The molecule has 1 N–H and O–H groups in total. The van der Waals surface area contributed by atoms with Gasteiger partial charge in [-0.2, -0.15) is 4.31 Å². The Bertz CT molecular complexity index is 292. The minimum Gasteiger partial charge on any atom is -0.384 e. The molecule has 1 heterocycles. The van der Waals surface area contributed by atoms with Gasteiger partial charge >= 0.3 is 0 Å². The summed E-state index contributed by atoms with van der Waals surface area (Å²) < 4.78 is 30.2. The summed E-state index contributed by atoms with van der Waals surface area (Å²) in [6.07, 6.45) is 0. The van der Waals surface area contributed by atoms with E-state index >= 15 is 0 Å². The average Bonchev–Trinajstić information content (AvgIpc) is 2.19. The number of nitrogens with zero attached hydrogens (tertiary/aromatic N) is 1. The fourth-order valence-electron chi connectivity index (χ4n) is 1.72. The second kappa shape index (κ2) is 5.25. The zero-order valence-electron chi connectivity index (χ0n) is 9.56. The third kappa shape index (κ3) is 3.14. The molecule has 0 aromatic carbocycles. The molecular formula is C9H20N2O3S. The zero-order chi connectivity index (χ0) is 11.5. The van der Waals surface area contributed by atoms with Crippen LogP contribution in [0.1, 0.15) is 13.8 Å². The van der Waals surface area contributed by atoms with Crippen molar-refractivity contribution >= 4 is 10.0 Å². The van der Waals surface area contributed by atoms with Crippen LogP contribution in [0, 0.1) is 0 Å². The van der Waals surface area contributed by atoms with Crippen LogP contribution in [0.15, 0.2) is 0 Å². The molecule has 6 heteroatoms. The number of hydrogen-bond acceptors (Lipinski definition) is 4. The van der Waals surface area contributed by atoms with E-state index in [9.17, 15) is 8.42 Å². The molecule has 90 valence electrons. The first kappa shape index (κ1) is 12.9. The van der Waals surface area contributed by atoms with Crippen molar-refractivity contribution in [3.8, 4) is 0 Å². The van der Waals surface area contributed by atoms with Crippen LogP contribution in [0.3, 0.4) is 0 Å². The molecule has 0 spiro atoms. The summed E-state index contributed by atoms with van der Waals surface area (Å²) in [5.41, 5.74) is 0. The molecule has 15 heavy (non-hydrogen) atoms. The Balaban J connectivity index is 2.68. The Hall–Kier alpha value is -0.170. The van der Waals surface area contributed by atoms with Gasteiger partial charge in [-0.3, -0.25) is 0 Å². The molecule has 2 atom stereocenters. The highest BCUT2D eigenvalue weighted by Crippen LogP contribution is 2.14. The molecule has 0 bridgehead atoms. The summed E-state index contributed by atoms with van der Waals surface area (Å²) >= 11 is 0. The lowest BCUT2D eigenvalue weighted by Crippen LogP contribution is -2.57. The van der Waals surface area contributed by atoms with Gasteiger partial charge in [0.15, 0.2) is 0 Å². The SMILES string of the molecule is COCCS(=O)(=O)N1CCNC(C)C1C. The maximum Gasteiger partial charge on any atom is 0.216 e. The highest BCUT2D eigenvalue weighted by Gasteiger charge is 2.32. The summed E-state index contributed by atoms with van der Waals surface area (Å²) in [7, 11) is -1.65. The van der Waals surface area contributed by atoms with Crippen molar-refractivity contribution in [3.05, 3.63) is 0 Å². The fourth-order valence-corrected chi connectivity index (χ4v) is 3.39. The van der Waals surface area contributed by atoms with Crippen LogP contribution < -0.4 is 5.32 Å². The lowest BCUT2D eigenvalue weighted by atomic mass is 10.1. The van der Waals surface area contributed by atoms with Crippen LogP contribution >= 0.6 is 0 Å². The van der Waals surface area contributed by atoms with Gasteiger partial charge in [-0.1, -0.05) is 0 Å². The summed E-state index contributed by atoms with van der Waals surface area (Å²) in [5, 5.41) is 3.25. The number of sulfonamides is 1. The van der Waals surface area contributed by atoms with Gasteiger partial charge in [0.25, 0.3) is 0 Å². The molecule has 1 rings (SSSR count). The first-order chi connectivity index (χ1) is 6.99. The van der Waals surface area contributed by atoms with Crippen molar-refractivity contribution in [1.82, 2.24) is 9.62 Å². The Morgan fingerprint density at radius 3 is 2.73 bits per heavy atom. The summed E-state index contributed by atoms with van der Waals surface area (Å²) in [5.74, 6) is 0.0700. The smallest absolute Gasteiger partial charge is 0.216 e. The number of ether oxygens (including phenoxy) is 1. The van der Waals surface area contributed by atoms with Gasteiger partial charge in [0.1, 0.15) is 0 Å². The number of hydrogen-bond donors (Lipinski definition) is 1. The van der Waals surface area contributed by atoms with Gasteiger partial charge in [0, 0.05) is 32.3 Å². The van der Waals surface area contributed by atoms with Crippen molar-refractivity contribution in [2.24, 2.45) is 0 Å². The first-order valence-corrected chi connectivity index (χ1v) is 6.82. The monoisotopic (exact) mass is 236 g/mol. The molecule has 5 nitrogen and oxygen atoms in total. The molecule has 1 aliphatic rings. The van der Waals surface area contributed by atoms with Gasteiger partial charge in [0.2, 0.25) is 10.0 Å². The van der Waals surface area contributed by atoms with Crippen LogP contribution in [0.4, 0.5) is 0 Å². The summed E-state index contributed by atoms with van der Waals surface area (Å²) in [6, 6.07) is 0.219. The highest BCUT2D eigenvalue weighted by atomic mass is 32.2. The van der Waals surface area contributed by atoms with Crippen molar-refractivity contribution in [2.45, 2.75) is 25.9 Å². The maximum atomic E-state index is 11.9. The van der Waals surface area contributed by atoms with Crippen molar-refractivity contribution < 1.29 is 13.2 Å². The Morgan fingerprint density at radius 2 is 2.13 bits per heavy atom. The van der Waals surface area contributed by atoms with E-state index in [0.29, 0.717) is 6.54 Å². The molecule has 0 amide bonds. The van der Waals surface area contributed by atoms with E-state index in [0.717, 1.165) is 6.54 Å². The highest BCUT2D eigenvalue weighted by molar-refractivity contribution is 7.89. The molecule has 1 saturated heterocycles. The van der Waals surface area contributed by atoms with Gasteiger partial charge in [-0.25, -0.2) is 8.42 Å². The largest absolute Gasteiger partial charge is 0.384 e. The second-order valence-electron chi connectivity index (χ2n) is 3.90. The van der Waals surface area contributed by atoms with E-state index < -0.39 is 10.0 Å². The molecule has 0 saturated carbocycles. The Labute approximate surface area is 91.8 Å². The third-order valence-electron chi connectivity index (χ3n) is 2.88. The minimum absolute atomic E-state index is 0.0145. The van der Waals surface area contributed by atoms with Crippen LogP contribution in [0.5, 0.6) is 0 Å². The lowest BCUT2D eigenvalue weighted by Gasteiger charge is -2.37. The molecule has 0 aromatic rings. The second-order valence-corrected chi connectivity index (χ2v) is 5.94. The third-order valence-corrected chi connectivity index (χ3v) is 4.79. The topological polar surface area (TPSA) is 58.6 Å². The Kier molecular flexibility index (Phi) is 4.51. The predicted octanol–water partition coefficient (Wildman–Crippen LogP) is -0.355. The van der Waals surface area contributed by atoms with Crippen LogP contribution in [0.2, 0.25) is 0 Å². The molecule has 0 aliphatic carbocycles. The number of rotatable bonds is 4. The van der Waals surface area contributed by atoms with Gasteiger partial charge in [0.05, 0.1) is 12.4 Å². The molecule has 0 aromatic heterocycles. The number of nitrogens with one attached hydrogen (secondary N) is 1. The standard InChI is InChI=1S/C9H20N2O3S/c1-8-9(2)11(5-4-10-8)15(12,13)7-6-14-3/h8-10H,4-7H2,1-3H3. The summed E-state index contributed by atoms with van der Waals surface area (Å²) in [6.45, 7) is 5.46. The van der Waals surface area contributed by atoms with Crippen LogP contribution in [-0.4, -0.2) is 57.4 Å².